The summed E-state index contributed by atoms with van der Waals surface area (Å²) in [4.78, 5) is 24.9. The van der Waals surface area contributed by atoms with Crippen molar-refractivity contribution in [3.05, 3.63) is 28.7 Å². The van der Waals surface area contributed by atoms with E-state index >= 15 is 0 Å². The van der Waals surface area contributed by atoms with Crippen LogP contribution in [0.3, 0.4) is 0 Å². The molecule has 2 aromatic rings. The van der Waals surface area contributed by atoms with Crippen LogP contribution in [0.4, 0.5) is 5.69 Å². The van der Waals surface area contributed by atoms with Crippen LogP contribution < -0.4 is 16.0 Å². The Kier molecular flexibility index (Phi) is 3.64. The summed E-state index contributed by atoms with van der Waals surface area (Å²) >= 11 is 0. The number of anilines is 1. The number of nitrogens with zero attached hydrogens (tertiary/aromatic N) is 2. The number of nitrogens with one attached hydrogen (secondary N) is 1. The van der Waals surface area contributed by atoms with E-state index in [-0.39, 0.29) is 18.3 Å². The molecule has 1 saturated heterocycles. The van der Waals surface area contributed by atoms with Gasteiger partial charge >= 0.3 is 5.76 Å². The number of hydrogen-bond acceptors (Lipinski definition) is 4. The molecular weight excluding hydrogens is 270 g/mol. The molecule has 0 unspecified atom stereocenters. The van der Waals surface area contributed by atoms with Crippen LogP contribution in [0, 0.1) is 0 Å². The minimum atomic E-state index is -0.395. The predicted octanol–water partition coefficient (Wildman–Crippen LogP) is 0.489. The molecule has 3 rings (SSSR count). The average molecular weight is 284 g/mol. The van der Waals surface area contributed by atoms with Crippen molar-refractivity contribution < 1.29 is 9.21 Å². The molecule has 0 spiro atoms. The Balaban J connectivity index is 0.00000133. The van der Waals surface area contributed by atoms with Crippen molar-refractivity contribution in [2.75, 3.05) is 24.5 Å². The Labute approximate surface area is 115 Å². The molecule has 0 radical (unpaired) electrons. The van der Waals surface area contributed by atoms with Gasteiger partial charge in [0.2, 0.25) is 5.91 Å². The van der Waals surface area contributed by atoms with E-state index in [4.69, 9.17) is 4.42 Å². The standard InChI is InChI=1S/C12H13N3O3.ClH/c1-14-9-3-2-8(6-10(9)18-12(14)17)15-5-4-13-7-11(15)16;/h2-3,6,13H,4-5,7H2,1H3;1H. The van der Waals surface area contributed by atoms with Gasteiger partial charge < -0.3 is 14.6 Å². The maximum Gasteiger partial charge on any atom is 0.419 e. The molecule has 1 aliphatic rings. The second-order valence-corrected chi connectivity index (χ2v) is 4.30. The highest BCUT2D eigenvalue weighted by Crippen LogP contribution is 2.21. The molecule has 19 heavy (non-hydrogen) atoms. The van der Waals surface area contributed by atoms with Crippen LogP contribution in [0.5, 0.6) is 0 Å². The van der Waals surface area contributed by atoms with E-state index in [1.54, 1.807) is 24.1 Å². The van der Waals surface area contributed by atoms with Crippen molar-refractivity contribution in [2.45, 2.75) is 0 Å². The third kappa shape index (κ3) is 2.24. The number of carbonyl (C=O) groups is 1. The predicted molar refractivity (Wildman–Crippen MR) is 73.9 cm³/mol. The first-order valence-electron chi connectivity index (χ1n) is 5.77. The summed E-state index contributed by atoms with van der Waals surface area (Å²) in [6.45, 7) is 1.74. The fraction of sp³-hybridized carbons (Fsp3) is 0.333. The summed E-state index contributed by atoms with van der Waals surface area (Å²) in [6, 6.07) is 5.37. The van der Waals surface area contributed by atoms with Gasteiger partial charge in [0.1, 0.15) is 0 Å². The van der Waals surface area contributed by atoms with E-state index in [0.717, 1.165) is 17.7 Å². The molecule has 102 valence electrons. The van der Waals surface area contributed by atoms with Crippen molar-refractivity contribution >= 4 is 35.1 Å². The lowest BCUT2D eigenvalue weighted by Gasteiger charge is -2.27. The molecule has 0 bridgehead atoms. The van der Waals surface area contributed by atoms with Gasteiger partial charge in [-0.2, -0.15) is 0 Å². The number of rotatable bonds is 1. The summed E-state index contributed by atoms with van der Waals surface area (Å²) in [5.74, 6) is -0.368. The molecule has 1 aliphatic heterocycles. The van der Waals surface area contributed by atoms with E-state index in [1.807, 2.05) is 6.07 Å². The Morgan fingerprint density at radius 1 is 1.32 bits per heavy atom. The highest BCUT2D eigenvalue weighted by Gasteiger charge is 2.20. The maximum absolute atomic E-state index is 11.8. The first kappa shape index (κ1) is 13.6. The van der Waals surface area contributed by atoms with E-state index < -0.39 is 5.76 Å². The van der Waals surface area contributed by atoms with Gasteiger partial charge in [0.05, 0.1) is 12.1 Å². The molecule has 2 heterocycles. The molecule has 1 amide bonds. The molecule has 1 N–H and O–H groups in total. The summed E-state index contributed by atoms with van der Waals surface area (Å²) in [5.41, 5.74) is 2.00. The summed E-state index contributed by atoms with van der Waals surface area (Å²) in [5, 5.41) is 3.02. The Morgan fingerprint density at radius 3 is 2.84 bits per heavy atom. The number of halogens is 1. The Bertz CT molecular complexity index is 676. The zero-order chi connectivity index (χ0) is 12.7. The number of amides is 1. The maximum atomic E-state index is 11.8. The van der Waals surface area contributed by atoms with E-state index in [2.05, 4.69) is 5.32 Å². The van der Waals surface area contributed by atoms with Crippen LogP contribution in [0.25, 0.3) is 11.1 Å². The number of piperazine rings is 1. The summed E-state index contributed by atoms with van der Waals surface area (Å²) < 4.78 is 6.56. The molecule has 0 saturated carbocycles. The number of aryl methyl sites for hydroxylation is 1. The lowest BCUT2D eigenvalue weighted by molar-refractivity contribution is -0.118. The number of fused-ring (bicyclic) bond motifs is 1. The molecule has 1 fully saturated rings. The van der Waals surface area contributed by atoms with Crippen molar-refractivity contribution in [2.24, 2.45) is 7.05 Å². The molecule has 0 aliphatic carbocycles. The smallest absolute Gasteiger partial charge is 0.408 e. The van der Waals surface area contributed by atoms with Gasteiger partial charge in [-0.1, -0.05) is 0 Å². The van der Waals surface area contributed by atoms with Gasteiger partial charge in [0.15, 0.2) is 5.58 Å². The van der Waals surface area contributed by atoms with Crippen molar-refractivity contribution in [3.63, 3.8) is 0 Å². The molecule has 1 aromatic carbocycles. The van der Waals surface area contributed by atoms with Crippen LogP contribution in [0.1, 0.15) is 0 Å². The SMILES string of the molecule is Cl.Cn1c(=O)oc2cc(N3CCNCC3=O)ccc21. The summed E-state index contributed by atoms with van der Waals surface area (Å²) in [6.07, 6.45) is 0. The highest BCUT2D eigenvalue weighted by molar-refractivity contribution is 5.97. The molecule has 7 heteroatoms. The van der Waals surface area contributed by atoms with Crippen molar-refractivity contribution in [1.82, 2.24) is 9.88 Å². The fourth-order valence-corrected chi connectivity index (χ4v) is 2.17. The topological polar surface area (TPSA) is 67.5 Å². The van der Waals surface area contributed by atoms with Crippen molar-refractivity contribution in [3.8, 4) is 0 Å². The highest BCUT2D eigenvalue weighted by atomic mass is 35.5. The van der Waals surface area contributed by atoms with Crippen LogP contribution >= 0.6 is 12.4 Å². The van der Waals surface area contributed by atoms with Gasteiger partial charge in [0, 0.05) is 31.9 Å². The van der Waals surface area contributed by atoms with Crippen LogP contribution in [0.15, 0.2) is 27.4 Å². The monoisotopic (exact) mass is 283 g/mol. The average Bonchev–Trinajstić information content (AvgIpc) is 2.65. The lowest BCUT2D eigenvalue weighted by atomic mass is 10.2. The zero-order valence-electron chi connectivity index (χ0n) is 10.4. The van der Waals surface area contributed by atoms with Gasteiger partial charge in [-0.15, -0.1) is 12.4 Å². The molecular formula is C12H14ClN3O3. The number of oxazole rings is 1. The van der Waals surface area contributed by atoms with Gasteiger partial charge in [-0.3, -0.25) is 9.36 Å². The lowest BCUT2D eigenvalue weighted by Crippen LogP contribution is -2.48. The molecule has 0 atom stereocenters. The van der Waals surface area contributed by atoms with Crippen molar-refractivity contribution in [1.29, 1.82) is 0 Å². The largest absolute Gasteiger partial charge is 0.419 e. The first-order chi connectivity index (χ1) is 8.66. The van der Waals surface area contributed by atoms with Gasteiger partial charge in [0.25, 0.3) is 0 Å². The second-order valence-electron chi connectivity index (χ2n) is 4.30. The number of carbonyl (C=O) groups excluding carboxylic acids is 1. The molecule has 6 nitrogen and oxygen atoms in total. The molecule has 1 aromatic heterocycles. The Morgan fingerprint density at radius 2 is 2.11 bits per heavy atom. The number of aromatic nitrogens is 1. The number of hydrogen-bond donors (Lipinski definition) is 1. The van der Waals surface area contributed by atoms with E-state index in [9.17, 15) is 9.59 Å². The summed E-state index contributed by atoms with van der Waals surface area (Å²) in [7, 11) is 1.66. The van der Waals surface area contributed by atoms with Gasteiger partial charge in [-0.25, -0.2) is 4.79 Å². The van der Waals surface area contributed by atoms with E-state index in [0.29, 0.717) is 18.7 Å². The minimum Gasteiger partial charge on any atom is -0.408 e. The third-order valence-electron chi connectivity index (χ3n) is 3.18. The van der Waals surface area contributed by atoms with E-state index in [1.165, 1.54) is 4.57 Å². The van der Waals surface area contributed by atoms with Crippen LogP contribution in [-0.4, -0.2) is 30.1 Å². The normalized spacial score (nSPS) is 15.6. The third-order valence-corrected chi connectivity index (χ3v) is 3.18. The zero-order valence-corrected chi connectivity index (χ0v) is 11.2. The minimum absolute atomic E-state index is 0. The first-order valence-corrected chi connectivity index (χ1v) is 5.77. The van der Waals surface area contributed by atoms with Crippen LogP contribution in [-0.2, 0) is 11.8 Å². The quantitative estimate of drug-likeness (QED) is 0.827. The van der Waals surface area contributed by atoms with Crippen LogP contribution in [0.2, 0.25) is 0 Å². The fourth-order valence-electron chi connectivity index (χ4n) is 2.17. The second kappa shape index (κ2) is 5.07. The Hall–Kier alpha value is -1.79. The van der Waals surface area contributed by atoms with Gasteiger partial charge in [-0.05, 0) is 12.1 Å². The number of benzene rings is 1.